The number of para-hydroxylation sites is 2. The molecule has 0 unspecified atom stereocenters. The van der Waals surface area contributed by atoms with Gasteiger partial charge in [0.05, 0.1) is 18.4 Å². The Morgan fingerprint density at radius 1 is 0.969 bits per heavy atom. The highest BCUT2D eigenvalue weighted by atomic mass is 16.5. The van der Waals surface area contributed by atoms with Gasteiger partial charge in [-0.2, -0.15) is 0 Å². The smallest absolute Gasteiger partial charge is 0.196 e. The van der Waals surface area contributed by atoms with Crippen molar-refractivity contribution < 1.29 is 9.53 Å². The topological polar surface area (TPSA) is 57.7 Å². The first-order chi connectivity index (χ1) is 15.8. The third-order valence-electron chi connectivity index (χ3n) is 5.83. The van der Waals surface area contributed by atoms with Gasteiger partial charge in [-0.15, -0.1) is 0 Å². The van der Waals surface area contributed by atoms with Crippen LogP contribution in [0.1, 0.15) is 22.3 Å². The molecule has 0 saturated carbocycles. The van der Waals surface area contributed by atoms with Crippen LogP contribution in [0.5, 0.6) is 5.75 Å². The molecule has 0 atom stereocenters. The maximum Gasteiger partial charge on any atom is 0.196 e. The first-order valence-electron chi connectivity index (χ1n) is 11.1. The largest absolute Gasteiger partial charge is 0.495 e. The summed E-state index contributed by atoms with van der Waals surface area (Å²) in [5, 5.41) is 3.37. The minimum absolute atomic E-state index is 0.00587. The predicted molar refractivity (Wildman–Crippen MR) is 129 cm³/mol. The first-order valence-corrected chi connectivity index (χ1v) is 11.1. The van der Waals surface area contributed by atoms with Crippen LogP contribution in [-0.2, 0) is 0 Å². The summed E-state index contributed by atoms with van der Waals surface area (Å²) >= 11 is 0. The molecule has 0 radical (unpaired) electrons. The Balaban J connectivity index is 1.25. The fourth-order valence-corrected chi connectivity index (χ4v) is 4.09. The summed E-state index contributed by atoms with van der Waals surface area (Å²) in [6.45, 7) is 5.83. The van der Waals surface area contributed by atoms with Gasteiger partial charge in [0.1, 0.15) is 11.6 Å². The zero-order valence-corrected chi connectivity index (χ0v) is 18.5. The maximum atomic E-state index is 12.8. The Kier molecular flexibility index (Phi) is 7.35. The second-order valence-corrected chi connectivity index (χ2v) is 7.88. The van der Waals surface area contributed by atoms with Crippen LogP contribution in [0.15, 0.2) is 72.9 Å². The number of ether oxygens (including phenoxy) is 1. The van der Waals surface area contributed by atoms with Gasteiger partial charge in [0.25, 0.3) is 0 Å². The molecule has 1 N–H and O–H groups in total. The molecule has 2 heterocycles. The number of ketones is 1. The maximum absolute atomic E-state index is 12.8. The number of nitrogens with one attached hydrogen (secondary N) is 1. The van der Waals surface area contributed by atoms with Gasteiger partial charge in [0.15, 0.2) is 5.78 Å². The van der Waals surface area contributed by atoms with Crippen molar-refractivity contribution in [1.29, 1.82) is 0 Å². The van der Waals surface area contributed by atoms with E-state index in [4.69, 9.17) is 4.74 Å². The zero-order chi connectivity index (χ0) is 22.2. The highest BCUT2D eigenvalue weighted by molar-refractivity contribution is 6.11. The number of methoxy groups -OCH3 is 1. The lowest BCUT2D eigenvalue weighted by Gasteiger charge is -2.36. The van der Waals surface area contributed by atoms with Crippen LogP contribution >= 0.6 is 0 Å². The standard InChI is InChI=1S/C26H30N4O2/c1-32-24-13-6-5-12-23(24)30-19-17-29(18-20-30)16-8-15-28-26-22(11-7-14-27-26)25(31)21-9-3-2-4-10-21/h2-7,9-14H,8,15-20H2,1H3,(H,27,28). The van der Waals surface area contributed by atoms with E-state index in [0.29, 0.717) is 16.9 Å². The van der Waals surface area contributed by atoms with Gasteiger partial charge in [-0.25, -0.2) is 4.98 Å². The van der Waals surface area contributed by atoms with Gasteiger partial charge in [0.2, 0.25) is 0 Å². The van der Waals surface area contributed by atoms with E-state index < -0.39 is 0 Å². The van der Waals surface area contributed by atoms with Crippen LogP contribution in [0.3, 0.4) is 0 Å². The molecule has 3 aromatic rings. The lowest BCUT2D eigenvalue weighted by molar-refractivity contribution is 0.103. The number of anilines is 2. The van der Waals surface area contributed by atoms with Gasteiger partial charge in [-0.3, -0.25) is 9.69 Å². The fraction of sp³-hybridized carbons (Fsp3) is 0.308. The molecule has 0 amide bonds. The van der Waals surface area contributed by atoms with E-state index in [1.165, 1.54) is 5.69 Å². The average molecular weight is 431 g/mol. The molecular weight excluding hydrogens is 400 g/mol. The number of pyridine rings is 1. The average Bonchev–Trinajstić information content (AvgIpc) is 2.87. The van der Waals surface area contributed by atoms with Gasteiger partial charge >= 0.3 is 0 Å². The number of rotatable bonds is 9. The minimum Gasteiger partial charge on any atom is -0.495 e. The normalized spacial score (nSPS) is 14.2. The molecule has 0 spiro atoms. The SMILES string of the molecule is COc1ccccc1N1CCN(CCCNc2ncccc2C(=O)c2ccccc2)CC1. The summed E-state index contributed by atoms with van der Waals surface area (Å²) in [6.07, 6.45) is 2.71. The number of aromatic nitrogens is 1. The Hall–Kier alpha value is -3.38. The van der Waals surface area contributed by atoms with E-state index in [0.717, 1.165) is 51.4 Å². The van der Waals surface area contributed by atoms with Crippen molar-refractivity contribution >= 4 is 17.3 Å². The fourth-order valence-electron chi connectivity index (χ4n) is 4.09. The predicted octanol–water partition coefficient (Wildman–Crippen LogP) is 3.95. The van der Waals surface area contributed by atoms with Crippen molar-refractivity contribution in [1.82, 2.24) is 9.88 Å². The number of hydrogen-bond donors (Lipinski definition) is 1. The van der Waals surface area contributed by atoms with E-state index in [2.05, 4.69) is 32.2 Å². The van der Waals surface area contributed by atoms with E-state index in [1.807, 2.05) is 54.6 Å². The van der Waals surface area contributed by atoms with E-state index in [9.17, 15) is 4.79 Å². The van der Waals surface area contributed by atoms with Gasteiger partial charge in [0, 0.05) is 44.5 Å². The number of carbonyl (C=O) groups is 1. The van der Waals surface area contributed by atoms with Crippen molar-refractivity contribution in [2.24, 2.45) is 0 Å². The lowest BCUT2D eigenvalue weighted by atomic mass is 10.0. The van der Waals surface area contributed by atoms with Crippen molar-refractivity contribution in [2.75, 3.05) is 56.6 Å². The number of carbonyl (C=O) groups excluding carboxylic acids is 1. The van der Waals surface area contributed by atoms with Gasteiger partial charge < -0.3 is 15.0 Å². The molecule has 0 bridgehead atoms. The van der Waals surface area contributed by atoms with Crippen LogP contribution in [0.4, 0.5) is 11.5 Å². The van der Waals surface area contributed by atoms with Crippen molar-refractivity contribution in [3.05, 3.63) is 84.1 Å². The van der Waals surface area contributed by atoms with Crippen LogP contribution in [0.25, 0.3) is 0 Å². The highest BCUT2D eigenvalue weighted by Gasteiger charge is 2.19. The van der Waals surface area contributed by atoms with E-state index >= 15 is 0 Å². The first kappa shape index (κ1) is 21.8. The molecule has 1 aromatic heterocycles. The highest BCUT2D eigenvalue weighted by Crippen LogP contribution is 2.28. The molecule has 1 aliphatic rings. The van der Waals surface area contributed by atoms with Crippen molar-refractivity contribution in [3.8, 4) is 5.75 Å². The third kappa shape index (κ3) is 5.26. The van der Waals surface area contributed by atoms with Gasteiger partial charge in [-0.1, -0.05) is 42.5 Å². The van der Waals surface area contributed by atoms with Crippen LogP contribution < -0.4 is 15.0 Å². The second-order valence-electron chi connectivity index (χ2n) is 7.88. The molecule has 166 valence electrons. The molecule has 2 aromatic carbocycles. The minimum atomic E-state index is -0.00587. The Bertz CT molecular complexity index is 1020. The zero-order valence-electron chi connectivity index (χ0n) is 18.5. The van der Waals surface area contributed by atoms with Gasteiger partial charge in [-0.05, 0) is 37.2 Å². The molecule has 4 rings (SSSR count). The van der Waals surface area contributed by atoms with Crippen LogP contribution in [0, 0.1) is 0 Å². The number of hydrogen-bond acceptors (Lipinski definition) is 6. The quantitative estimate of drug-likeness (QED) is 0.410. The summed E-state index contributed by atoms with van der Waals surface area (Å²) in [4.78, 5) is 22.1. The molecular formula is C26H30N4O2. The van der Waals surface area contributed by atoms with Crippen molar-refractivity contribution in [2.45, 2.75) is 6.42 Å². The summed E-state index contributed by atoms with van der Waals surface area (Å²) < 4.78 is 5.51. The monoisotopic (exact) mass is 430 g/mol. The van der Waals surface area contributed by atoms with E-state index in [-0.39, 0.29) is 5.78 Å². The van der Waals surface area contributed by atoms with Crippen LogP contribution in [0.2, 0.25) is 0 Å². The Labute approximate surface area is 189 Å². The third-order valence-corrected chi connectivity index (χ3v) is 5.83. The number of benzene rings is 2. The molecule has 1 aliphatic heterocycles. The summed E-state index contributed by atoms with van der Waals surface area (Å²) in [5.41, 5.74) is 2.46. The Morgan fingerprint density at radius 3 is 2.50 bits per heavy atom. The second kappa shape index (κ2) is 10.8. The number of piperazine rings is 1. The summed E-state index contributed by atoms with van der Waals surface area (Å²) in [7, 11) is 1.72. The summed E-state index contributed by atoms with van der Waals surface area (Å²) in [5.74, 6) is 1.58. The molecule has 6 heteroatoms. The lowest BCUT2D eigenvalue weighted by Crippen LogP contribution is -2.47. The van der Waals surface area contributed by atoms with Crippen LogP contribution in [-0.4, -0.2) is 62.0 Å². The van der Waals surface area contributed by atoms with E-state index in [1.54, 1.807) is 13.3 Å². The summed E-state index contributed by atoms with van der Waals surface area (Å²) in [6, 6.07) is 21.2. The molecule has 32 heavy (non-hydrogen) atoms. The molecule has 0 aliphatic carbocycles. The molecule has 6 nitrogen and oxygen atoms in total. The molecule has 1 saturated heterocycles. The Morgan fingerprint density at radius 2 is 1.72 bits per heavy atom. The number of nitrogens with zero attached hydrogens (tertiary/aromatic N) is 3. The molecule has 1 fully saturated rings. The van der Waals surface area contributed by atoms with Crippen molar-refractivity contribution in [3.63, 3.8) is 0 Å².